The van der Waals surface area contributed by atoms with Crippen molar-refractivity contribution in [3.63, 3.8) is 0 Å². The van der Waals surface area contributed by atoms with E-state index in [0.29, 0.717) is 22.7 Å². The molecule has 0 radical (unpaired) electrons. The number of nitrogens with zero attached hydrogens (tertiary/aromatic N) is 3. The number of likely N-dealkylation sites (tertiary alicyclic amines) is 1. The van der Waals surface area contributed by atoms with Gasteiger partial charge in [-0.2, -0.15) is 0 Å². The summed E-state index contributed by atoms with van der Waals surface area (Å²) >= 11 is 0. The Morgan fingerprint density at radius 2 is 1.91 bits per heavy atom. The molecule has 2 aromatic rings. The minimum atomic E-state index is -0.878. The van der Waals surface area contributed by atoms with Crippen LogP contribution in [0.4, 0.5) is 9.18 Å². The van der Waals surface area contributed by atoms with Crippen molar-refractivity contribution in [1.29, 1.82) is 0 Å². The molecule has 4 rings (SSSR count). The molecule has 2 heterocycles. The molecule has 0 unspecified atom stereocenters. The van der Waals surface area contributed by atoms with Crippen molar-refractivity contribution in [2.75, 3.05) is 13.1 Å². The maximum absolute atomic E-state index is 14.1. The Balaban J connectivity index is 1.57. The Kier molecular flexibility index (Phi) is 7.22. The third-order valence-electron chi connectivity index (χ3n) is 7.71. The molecule has 8 heteroatoms. The lowest BCUT2D eigenvalue weighted by molar-refractivity contribution is 0.0876. The van der Waals surface area contributed by atoms with Crippen molar-refractivity contribution < 1.29 is 19.1 Å². The number of ether oxygens (including phenoxy) is 1. The van der Waals surface area contributed by atoms with Gasteiger partial charge < -0.3 is 25.1 Å². The molecule has 1 aliphatic carbocycles. The summed E-state index contributed by atoms with van der Waals surface area (Å²) in [5, 5.41) is 13.0. The number of benzene rings is 1. The first-order valence-corrected chi connectivity index (χ1v) is 12.0. The number of hydrogen-bond donors (Lipinski definition) is 2. The lowest BCUT2D eigenvalue weighted by Gasteiger charge is -2.42. The summed E-state index contributed by atoms with van der Waals surface area (Å²) in [6.07, 6.45) is 7.47. The topological polar surface area (TPSA) is 93.1 Å². The SMILES string of the molecule is CC(C)C1CCC(N2CCC(n3c(COC(N)=O)c(C=NO)c4cc(F)ccc43)CC2)CC1. The maximum atomic E-state index is 14.1. The van der Waals surface area contributed by atoms with Gasteiger partial charge >= 0.3 is 6.09 Å². The van der Waals surface area contributed by atoms with Gasteiger partial charge in [-0.3, -0.25) is 0 Å². The van der Waals surface area contributed by atoms with Crippen molar-refractivity contribution in [3.8, 4) is 0 Å². The zero-order valence-electron chi connectivity index (χ0n) is 19.5. The van der Waals surface area contributed by atoms with Gasteiger partial charge in [0.05, 0.1) is 11.9 Å². The van der Waals surface area contributed by atoms with Gasteiger partial charge in [0.2, 0.25) is 0 Å². The van der Waals surface area contributed by atoms with E-state index in [4.69, 9.17) is 10.5 Å². The smallest absolute Gasteiger partial charge is 0.404 e. The summed E-state index contributed by atoms with van der Waals surface area (Å²) in [7, 11) is 0. The molecule has 33 heavy (non-hydrogen) atoms. The van der Waals surface area contributed by atoms with E-state index in [1.54, 1.807) is 6.07 Å². The van der Waals surface area contributed by atoms with Crippen LogP contribution in [-0.2, 0) is 11.3 Å². The fraction of sp³-hybridized carbons (Fsp3) is 0.600. The monoisotopic (exact) mass is 458 g/mol. The summed E-state index contributed by atoms with van der Waals surface area (Å²) in [6, 6.07) is 5.44. The van der Waals surface area contributed by atoms with Crippen molar-refractivity contribution >= 4 is 23.2 Å². The van der Waals surface area contributed by atoms with Crippen LogP contribution in [0.15, 0.2) is 23.4 Å². The number of oxime groups is 1. The lowest BCUT2D eigenvalue weighted by atomic mass is 9.79. The molecule has 2 aliphatic rings. The largest absolute Gasteiger partial charge is 0.443 e. The number of piperidine rings is 1. The Bertz CT molecular complexity index is 1000. The number of carbonyl (C=O) groups excluding carboxylic acids is 1. The van der Waals surface area contributed by atoms with E-state index in [9.17, 15) is 14.4 Å². The predicted octanol–water partition coefficient (Wildman–Crippen LogP) is 5.04. The van der Waals surface area contributed by atoms with Gasteiger partial charge in [0, 0.05) is 41.6 Å². The summed E-state index contributed by atoms with van der Waals surface area (Å²) in [5.74, 6) is 1.24. The summed E-state index contributed by atoms with van der Waals surface area (Å²) in [4.78, 5) is 14.0. The van der Waals surface area contributed by atoms with Crippen molar-refractivity contribution in [3.05, 3.63) is 35.3 Å². The maximum Gasteiger partial charge on any atom is 0.404 e. The van der Waals surface area contributed by atoms with E-state index in [2.05, 4.69) is 28.5 Å². The van der Waals surface area contributed by atoms with Crippen LogP contribution < -0.4 is 5.73 Å². The van der Waals surface area contributed by atoms with Crippen LogP contribution in [0.1, 0.15) is 69.7 Å². The lowest BCUT2D eigenvalue weighted by Crippen LogP contribution is -2.44. The highest BCUT2D eigenvalue weighted by molar-refractivity contribution is 6.01. The van der Waals surface area contributed by atoms with Gasteiger partial charge in [-0.05, 0) is 68.6 Å². The zero-order chi connectivity index (χ0) is 23.5. The van der Waals surface area contributed by atoms with E-state index < -0.39 is 6.09 Å². The van der Waals surface area contributed by atoms with Crippen molar-refractivity contribution in [2.45, 2.75) is 71.1 Å². The molecule has 180 valence electrons. The van der Waals surface area contributed by atoms with Crippen LogP contribution >= 0.6 is 0 Å². The van der Waals surface area contributed by atoms with Gasteiger partial charge in [0.1, 0.15) is 12.4 Å². The van der Waals surface area contributed by atoms with Gasteiger partial charge in [0.15, 0.2) is 0 Å². The highest BCUT2D eigenvalue weighted by Crippen LogP contribution is 2.37. The average molecular weight is 459 g/mol. The van der Waals surface area contributed by atoms with Gasteiger partial charge in [-0.15, -0.1) is 0 Å². The molecule has 1 aromatic carbocycles. The first-order valence-electron chi connectivity index (χ1n) is 12.0. The summed E-state index contributed by atoms with van der Waals surface area (Å²) in [6.45, 7) is 6.61. The molecule has 1 amide bonds. The standard InChI is InChI=1S/C25H35FN4O3/c1-16(2)17-3-6-19(7-4-17)29-11-9-20(10-12-29)30-23-8-5-18(26)13-21(23)22(14-28-32)24(30)15-33-25(27)31/h5,8,13-14,16-17,19-20,32H,3-4,6-7,9-12,15H2,1-2H3,(H2,27,31). The number of fused-ring (bicyclic) bond motifs is 1. The number of primary amides is 1. The van der Waals surface area contributed by atoms with E-state index in [-0.39, 0.29) is 18.5 Å². The molecule has 2 fully saturated rings. The molecular weight excluding hydrogens is 423 g/mol. The van der Waals surface area contributed by atoms with Gasteiger partial charge in [-0.1, -0.05) is 19.0 Å². The molecule has 0 bridgehead atoms. The van der Waals surface area contributed by atoms with Crippen LogP contribution in [0, 0.1) is 17.7 Å². The van der Waals surface area contributed by atoms with E-state index in [1.165, 1.54) is 44.0 Å². The molecule has 1 aliphatic heterocycles. The molecule has 1 saturated carbocycles. The molecule has 1 saturated heterocycles. The minimum Gasteiger partial charge on any atom is -0.443 e. The highest BCUT2D eigenvalue weighted by atomic mass is 19.1. The number of hydrogen-bond acceptors (Lipinski definition) is 5. The second kappa shape index (κ2) is 10.1. The van der Waals surface area contributed by atoms with Crippen LogP contribution in [0.3, 0.4) is 0 Å². The quantitative estimate of drug-likeness (QED) is 0.360. The number of amides is 1. The molecule has 1 aromatic heterocycles. The number of carbonyl (C=O) groups is 1. The Labute approximate surface area is 194 Å². The van der Waals surface area contributed by atoms with Crippen LogP contribution in [-0.4, -0.2) is 46.1 Å². The third kappa shape index (κ3) is 5.00. The molecule has 7 nitrogen and oxygen atoms in total. The summed E-state index contributed by atoms with van der Waals surface area (Å²) < 4.78 is 21.3. The van der Waals surface area contributed by atoms with Crippen molar-refractivity contribution in [1.82, 2.24) is 9.47 Å². The second-order valence-corrected chi connectivity index (χ2v) is 9.82. The Morgan fingerprint density at radius 3 is 2.52 bits per heavy atom. The first kappa shape index (κ1) is 23.5. The normalized spacial score (nSPS) is 23.0. The van der Waals surface area contributed by atoms with Gasteiger partial charge in [0.25, 0.3) is 0 Å². The van der Waals surface area contributed by atoms with E-state index in [1.807, 2.05) is 0 Å². The van der Waals surface area contributed by atoms with Gasteiger partial charge in [-0.25, -0.2) is 9.18 Å². The van der Waals surface area contributed by atoms with Crippen LogP contribution in [0.2, 0.25) is 0 Å². The van der Waals surface area contributed by atoms with Crippen LogP contribution in [0.5, 0.6) is 0 Å². The zero-order valence-corrected chi connectivity index (χ0v) is 19.5. The third-order valence-corrected chi connectivity index (χ3v) is 7.71. The number of rotatable bonds is 6. The molecular formula is C25H35FN4O3. The average Bonchev–Trinajstić information content (AvgIpc) is 3.10. The highest BCUT2D eigenvalue weighted by Gasteiger charge is 2.32. The fourth-order valence-corrected chi connectivity index (χ4v) is 5.91. The number of halogens is 1. The molecule has 0 spiro atoms. The Hall–Kier alpha value is -2.61. The summed E-state index contributed by atoms with van der Waals surface area (Å²) in [5.41, 5.74) is 7.27. The molecule has 3 N–H and O–H groups in total. The minimum absolute atomic E-state index is 0.0631. The van der Waals surface area contributed by atoms with Crippen LogP contribution in [0.25, 0.3) is 10.9 Å². The first-order chi connectivity index (χ1) is 15.9. The number of aromatic nitrogens is 1. The molecule has 0 atom stereocenters. The predicted molar refractivity (Wildman–Crippen MR) is 126 cm³/mol. The Morgan fingerprint density at radius 1 is 1.21 bits per heavy atom. The van der Waals surface area contributed by atoms with E-state index in [0.717, 1.165) is 43.3 Å². The van der Waals surface area contributed by atoms with Crippen molar-refractivity contribution in [2.24, 2.45) is 22.7 Å². The second-order valence-electron chi connectivity index (χ2n) is 9.82. The number of nitrogens with two attached hydrogens (primary N) is 1. The van der Waals surface area contributed by atoms with E-state index >= 15 is 0 Å². The fourth-order valence-electron chi connectivity index (χ4n) is 5.91.